The van der Waals surface area contributed by atoms with Crippen molar-refractivity contribution in [1.29, 1.82) is 0 Å². The van der Waals surface area contributed by atoms with Crippen molar-refractivity contribution in [2.75, 3.05) is 39.3 Å². The van der Waals surface area contributed by atoms with Crippen LogP contribution < -0.4 is 10.6 Å². The molecule has 0 radical (unpaired) electrons. The van der Waals surface area contributed by atoms with Crippen molar-refractivity contribution in [3.05, 3.63) is 33.1 Å². The Morgan fingerprint density at radius 2 is 2.16 bits per heavy atom. The molecule has 0 spiro atoms. The number of nitrogens with one attached hydrogen (secondary N) is 2. The van der Waals surface area contributed by atoms with E-state index < -0.39 is 5.82 Å². The summed E-state index contributed by atoms with van der Waals surface area (Å²) in [7, 11) is 0. The van der Waals surface area contributed by atoms with Crippen LogP contribution in [0.2, 0.25) is 0 Å². The van der Waals surface area contributed by atoms with Gasteiger partial charge >= 0.3 is 0 Å². The summed E-state index contributed by atoms with van der Waals surface area (Å²) in [5, 5.41) is 6.06. The number of carbonyl (C=O) groups excluding carboxylic acids is 1. The average molecular weight is 377 g/mol. The van der Waals surface area contributed by atoms with Crippen molar-refractivity contribution in [3.63, 3.8) is 0 Å². The molecule has 19 heavy (non-hydrogen) atoms. The molecular formula is C13H17FIN3O. The summed E-state index contributed by atoms with van der Waals surface area (Å²) < 4.78 is 14.2. The van der Waals surface area contributed by atoms with Crippen molar-refractivity contribution >= 4 is 28.5 Å². The van der Waals surface area contributed by atoms with E-state index in [9.17, 15) is 9.18 Å². The van der Waals surface area contributed by atoms with E-state index in [2.05, 4.69) is 15.5 Å². The molecule has 1 aliphatic heterocycles. The summed E-state index contributed by atoms with van der Waals surface area (Å²) in [6.45, 7) is 5.31. The van der Waals surface area contributed by atoms with Gasteiger partial charge in [-0.05, 0) is 34.7 Å². The molecule has 6 heteroatoms. The zero-order valence-electron chi connectivity index (χ0n) is 10.6. The number of hydrogen-bond acceptors (Lipinski definition) is 3. The summed E-state index contributed by atoms with van der Waals surface area (Å²) in [6, 6.07) is 4.65. The van der Waals surface area contributed by atoms with Gasteiger partial charge in [-0.25, -0.2) is 4.39 Å². The van der Waals surface area contributed by atoms with Gasteiger partial charge in [-0.3, -0.25) is 9.69 Å². The zero-order valence-corrected chi connectivity index (χ0v) is 12.7. The van der Waals surface area contributed by atoms with Crippen LogP contribution in [-0.4, -0.2) is 50.1 Å². The SMILES string of the molecule is O=C(NCCN1CCNCC1)c1c(F)cccc1I. The number of benzene rings is 1. The van der Waals surface area contributed by atoms with Crippen LogP contribution in [0.15, 0.2) is 18.2 Å². The van der Waals surface area contributed by atoms with E-state index in [1.54, 1.807) is 12.1 Å². The van der Waals surface area contributed by atoms with Crippen LogP contribution in [0.4, 0.5) is 4.39 Å². The summed E-state index contributed by atoms with van der Waals surface area (Å²) in [5.74, 6) is -0.802. The highest BCUT2D eigenvalue weighted by molar-refractivity contribution is 14.1. The lowest BCUT2D eigenvalue weighted by molar-refractivity contribution is 0.0942. The number of nitrogens with zero attached hydrogens (tertiary/aromatic N) is 1. The third kappa shape index (κ3) is 4.12. The zero-order chi connectivity index (χ0) is 13.7. The van der Waals surface area contributed by atoms with E-state index in [1.807, 2.05) is 22.6 Å². The number of piperazine rings is 1. The molecule has 1 aromatic carbocycles. The maximum absolute atomic E-state index is 13.6. The molecule has 2 N–H and O–H groups in total. The van der Waals surface area contributed by atoms with E-state index in [0.29, 0.717) is 10.1 Å². The van der Waals surface area contributed by atoms with Crippen LogP contribution in [0, 0.1) is 9.39 Å². The van der Waals surface area contributed by atoms with Gasteiger partial charge in [0.25, 0.3) is 5.91 Å². The summed E-state index contributed by atoms with van der Waals surface area (Å²) in [6.07, 6.45) is 0. The van der Waals surface area contributed by atoms with E-state index in [1.165, 1.54) is 6.07 Å². The molecule has 0 atom stereocenters. The molecule has 104 valence electrons. The van der Waals surface area contributed by atoms with E-state index >= 15 is 0 Å². The number of halogens is 2. The maximum atomic E-state index is 13.6. The molecule has 1 heterocycles. The molecule has 1 aromatic rings. The standard InChI is InChI=1S/C13H17FIN3O/c14-10-2-1-3-11(15)12(10)13(19)17-6-9-18-7-4-16-5-8-18/h1-3,16H,4-9H2,(H,17,19). The van der Waals surface area contributed by atoms with Gasteiger partial charge in [-0.15, -0.1) is 0 Å². The monoisotopic (exact) mass is 377 g/mol. The lowest BCUT2D eigenvalue weighted by atomic mass is 10.2. The highest BCUT2D eigenvalue weighted by atomic mass is 127. The Hall–Kier alpha value is -0.730. The largest absolute Gasteiger partial charge is 0.351 e. The fourth-order valence-corrected chi connectivity index (χ4v) is 2.78. The second-order valence-electron chi connectivity index (χ2n) is 4.44. The molecule has 0 aromatic heterocycles. The van der Waals surface area contributed by atoms with Gasteiger partial charge in [0.15, 0.2) is 0 Å². The fraction of sp³-hybridized carbons (Fsp3) is 0.462. The number of rotatable bonds is 4. The number of amides is 1. The molecule has 0 saturated carbocycles. The van der Waals surface area contributed by atoms with Crippen LogP contribution in [-0.2, 0) is 0 Å². The summed E-state index contributed by atoms with van der Waals surface area (Å²) >= 11 is 1.98. The molecular weight excluding hydrogens is 360 g/mol. The van der Waals surface area contributed by atoms with Crippen molar-refractivity contribution in [2.45, 2.75) is 0 Å². The van der Waals surface area contributed by atoms with Crippen molar-refractivity contribution < 1.29 is 9.18 Å². The smallest absolute Gasteiger partial charge is 0.255 e. The fourth-order valence-electron chi connectivity index (χ4n) is 2.07. The van der Waals surface area contributed by atoms with Gasteiger partial charge in [-0.1, -0.05) is 6.07 Å². The minimum atomic E-state index is -0.466. The first-order chi connectivity index (χ1) is 9.18. The van der Waals surface area contributed by atoms with Gasteiger partial charge in [0.2, 0.25) is 0 Å². The van der Waals surface area contributed by atoms with Crippen LogP contribution >= 0.6 is 22.6 Å². The van der Waals surface area contributed by atoms with E-state index in [4.69, 9.17) is 0 Å². The lowest BCUT2D eigenvalue weighted by Gasteiger charge is -2.27. The van der Waals surface area contributed by atoms with Crippen LogP contribution in [0.1, 0.15) is 10.4 Å². The van der Waals surface area contributed by atoms with Crippen molar-refractivity contribution in [2.24, 2.45) is 0 Å². The van der Waals surface area contributed by atoms with Crippen LogP contribution in [0.3, 0.4) is 0 Å². The van der Waals surface area contributed by atoms with Crippen LogP contribution in [0.5, 0.6) is 0 Å². The average Bonchev–Trinajstić information content (AvgIpc) is 2.40. The Kier molecular flexibility index (Phi) is 5.53. The normalized spacial score (nSPS) is 16.3. The molecule has 1 fully saturated rings. The molecule has 2 rings (SSSR count). The van der Waals surface area contributed by atoms with Gasteiger partial charge in [0.05, 0.1) is 5.56 Å². The molecule has 0 aliphatic carbocycles. The number of hydrogen-bond donors (Lipinski definition) is 2. The topological polar surface area (TPSA) is 44.4 Å². The first-order valence-corrected chi connectivity index (χ1v) is 7.41. The molecule has 0 bridgehead atoms. The highest BCUT2D eigenvalue weighted by Crippen LogP contribution is 2.15. The Bertz CT molecular complexity index is 429. The summed E-state index contributed by atoms with van der Waals surface area (Å²) in [4.78, 5) is 14.2. The Morgan fingerprint density at radius 3 is 2.84 bits per heavy atom. The predicted octanol–water partition coefficient (Wildman–Crippen LogP) is 1.07. The molecule has 1 saturated heterocycles. The predicted molar refractivity (Wildman–Crippen MR) is 80.8 cm³/mol. The molecule has 1 amide bonds. The van der Waals surface area contributed by atoms with E-state index in [-0.39, 0.29) is 11.5 Å². The minimum Gasteiger partial charge on any atom is -0.351 e. The van der Waals surface area contributed by atoms with Crippen LogP contribution in [0.25, 0.3) is 0 Å². The Morgan fingerprint density at radius 1 is 1.42 bits per heavy atom. The Balaban J connectivity index is 1.84. The maximum Gasteiger partial charge on any atom is 0.255 e. The second kappa shape index (κ2) is 7.16. The van der Waals surface area contributed by atoms with Crippen molar-refractivity contribution in [1.82, 2.24) is 15.5 Å². The highest BCUT2D eigenvalue weighted by Gasteiger charge is 2.15. The van der Waals surface area contributed by atoms with Gasteiger partial charge < -0.3 is 10.6 Å². The third-order valence-corrected chi connectivity index (χ3v) is 4.01. The number of carbonyl (C=O) groups is 1. The summed E-state index contributed by atoms with van der Waals surface area (Å²) in [5.41, 5.74) is 0.142. The lowest BCUT2D eigenvalue weighted by Crippen LogP contribution is -2.46. The van der Waals surface area contributed by atoms with Crippen molar-refractivity contribution in [3.8, 4) is 0 Å². The van der Waals surface area contributed by atoms with Gasteiger partial charge in [-0.2, -0.15) is 0 Å². The molecule has 0 unspecified atom stereocenters. The second-order valence-corrected chi connectivity index (χ2v) is 5.61. The minimum absolute atomic E-state index is 0.142. The first-order valence-electron chi connectivity index (χ1n) is 6.34. The third-order valence-electron chi connectivity index (χ3n) is 3.11. The molecule has 4 nitrogen and oxygen atoms in total. The molecule has 1 aliphatic rings. The first kappa shape index (κ1) is 14.7. The van der Waals surface area contributed by atoms with E-state index in [0.717, 1.165) is 32.7 Å². The Labute approximate surface area is 125 Å². The van der Waals surface area contributed by atoms with Gasteiger partial charge in [0, 0.05) is 42.8 Å². The van der Waals surface area contributed by atoms with Gasteiger partial charge in [0.1, 0.15) is 5.82 Å². The quantitative estimate of drug-likeness (QED) is 0.772.